The molecular weight excluding hydrogens is 407 g/mol. The molecule has 1 aromatic heterocycles. The number of aromatic nitrogens is 1. The molecule has 7 heteroatoms. The lowest BCUT2D eigenvalue weighted by Gasteiger charge is -2.31. The fraction of sp³-hybridized carbons (Fsp3) is 0.391. The van der Waals surface area contributed by atoms with Gasteiger partial charge in [-0.05, 0) is 63.5 Å². The number of benzene rings is 1. The van der Waals surface area contributed by atoms with Crippen LogP contribution in [0.1, 0.15) is 50.1 Å². The second kappa shape index (κ2) is 8.64. The summed E-state index contributed by atoms with van der Waals surface area (Å²) < 4.78 is 25.4. The summed E-state index contributed by atoms with van der Waals surface area (Å²) in [5, 5.41) is 0.327. The van der Waals surface area contributed by atoms with Crippen LogP contribution in [0, 0.1) is 5.82 Å². The Labute approximate surface area is 181 Å². The molecular formula is C23H26ClFN2O3. The van der Waals surface area contributed by atoms with Crippen molar-refractivity contribution in [1.29, 1.82) is 0 Å². The van der Waals surface area contributed by atoms with Crippen LogP contribution in [0.2, 0.25) is 5.02 Å². The third kappa shape index (κ3) is 5.30. The van der Waals surface area contributed by atoms with Crippen LogP contribution < -0.4 is 4.74 Å². The molecule has 2 aromatic rings. The van der Waals surface area contributed by atoms with E-state index in [2.05, 4.69) is 11.6 Å². The standard InChI is InChI=1S/C23H26ClFN2O3/c1-14(2)18-10-15-8-9-27(22(28)30-23(3,4)5)12-20(15)26-21(18)29-13-16-6-7-17(24)11-19(16)25/h6-7,10-11H,1,8-9,12-13H2,2-5H3. The summed E-state index contributed by atoms with van der Waals surface area (Å²) in [6.07, 6.45) is 0.290. The van der Waals surface area contributed by atoms with Gasteiger partial charge in [0.25, 0.3) is 0 Å². The molecule has 3 rings (SSSR count). The van der Waals surface area contributed by atoms with E-state index in [1.54, 1.807) is 17.0 Å². The van der Waals surface area contributed by atoms with Crippen LogP contribution in [-0.4, -0.2) is 28.1 Å². The van der Waals surface area contributed by atoms with Crippen LogP contribution in [0.25, 0.3) is 5.57 Å². The van der Waals surface area contributed by atoms with Gasteiger partial charge in [-0.25, -0.2) is 14.2 Å². The number of hydrogen-bond donors (Lipinski definition) is 0. The Morgan fingerprint density at radius 2 is 2.07 bits per heavy atom. The Balaban J connectivity index is 1.83. The van der Waals surface area contributed by atoms with Crippen molar-refractivity contribution in [3.8, 4) is 5.88 Å². The summed E-state index contributed by atoms with van der Waals surface area (Å²) in [6, 6.07) is 6.44. The SMILES string of the molecule is C=C(C)c1cc2c(nc1OCc1ccc(Cl)cc1F)CN(C(=O)OC(C)(C)C)CC2. The smallest absolute Gasteiger partial charge is 0.410 e. The second-order valence-electron chi connectivity index (χ2n) is 8.40. The van der Waals surface area contributed by atoms with Gasteiger partial charge in [0, 0.05) is 22.7 Å². The van der Waals surface area contributed by atoms with E-state index in [-0.39, 0.29) is 12.7 Å². The second-order valence-corrected chi connectivity index (χ2v) is 8.84. The molecule has 5 nitrogen and oxygen atoms in total. The van der Waals surface area contributed by atoms with E-state index in [1.807, 2.05) is 33.8 Å². The number of amides is 1. The van der Waals surface area contributed by atoms with Gasteiger partial charge < -0.3 is 14.4 Å². The Morgan fingerprint density at radius 3 is 2.70 bits per heavy atom. The first-order chi connectivity index (χ1) is 14.0. The molecule has 2 heterocycles. The number of allylic oxidation sites excluding steroid dienone is 1. The molecule has 1 aliphatic heterocycles. The summed E-state index contributed by atoms with van der Waals surface area (Å²) in [6.45, 7) is 12.3. The molecule has 1 amide bonds. The first kappa shape index (κ1) is 22.1. The number of halogens is 2. The van der Waals surface area contributed by atoms with Crippen molar-refractivity contribution in [1.82, 2.24) is 9.88 Å². The Morgan fingerprint density at radius 1 is 1.33 bits per heavy atom. The molecule has 0 fully saturated rings. The van der Waals surface area contributed by atoms with Gasteiger partial charge in [0.1, 0.15) is 18.0 Å². The maximum Gasteiger partial charge on any atom is 0.410 e. The maximum atomic E-state index is 14.1. The van der Waals surface area contributed by atoms with Gasteiger partial charge in [0.05, 0.1) is 12.2 Å². The average Bonchev–Trinajstić information content (AvgIpc) is 2.64. The predicted octanol–water partition coefficient (Wildman–Crippen LogP) is 5.78. The van der Waals surface area contributed by atoms with Crippen LogP contribution in [0.3, 0.4) is 0 Å². The third-order valence-electron chi connectivity index (χ3n) is 4.64. The van der Waals surface area contributed by atoms with Crippen molar-refractivity contribution in [3.63, 3.8) is 0 Å². The zero-order chi connectivity index (χ0) is 22.1. The van der Waals surface area contributed by atoms with E-state index < -0.39 is 11.4 Å². The zero-order valence-electron chi connectivity index (χ0n) is 17.7. The van der Waals surface area contributed by atoms with Crippen molar-refractivity contribution in [2.24, 2.45) is 0 Å². The number of carbonyl (C=O) groups is 1. The molecule has 0 bridgehead atoms. The summed E-state index contributed by atoms with van der Waals surface area (Å²) in [5.41, 5.74) is 3.16. The van der Waals surface area contributed by atoms with E-state index >= 15 is 0 Å². The van der Waals surface area contributed by atoms with E-state index in [0.29, 0.717) is 36.0 Å². The summed E-state index contributed by atoms with van der Waals surface area (Å²) in [4.78, 5) is 18.7. The topological polar surface area (TPSA) is 51.7 Å². The van der Waals surface area contributed by atoms with Crippen molar-refractivity contribution < 1.29 is 18.7 Å². The van der Waals surface area contributed by atoms with Crippen molar-refractivity contribution in [2.75, 3.05) is 6.54 Å². The summed E-state index contributed by atoms with van der Waals surface area (Å²) in [5.74, 6) is -0.0740. The number of rotatable bonds is 4. The normalized spacial score (nSPS) is 13.6. The zero-order valence-corrected chi connectivity index (χ0v) is 18.5. The highest BCUT2D eigenvalue weighted by molar-refractivity contribution is 6.30. The molecule has 0 radical (unpaired) electrons. The minimum absolute atomic E-state index is 0.00481. The van der Waals surface area contributed by atoms with Crippen LogP contribution in [0.5, 0.6) is 5.88 Å². The fourth-order valence-corrected chi connectivity index (χ4v) is 3.28. The summed E-state index contributed by atoms with van der Waals surface area (Å²) in [7, 11) is 0. The van der Waals surface area contributed by atoms with E-state index in [4.69, 9.17) is 21.1 Å². The number of hydrogen-bond acceptors (Lipinski definition) is 4. The Hall–Kier alpha value is -2.60. The van der Waals surface area contributed by atoms with Crippen LogP contribution >= 0.6 is 11.6 Å². The lowest BCUT2D eigenvalue weighted by molar-refractivity contribution is 0.0220. The minimum Gasteiger partial charge on any atom is -0.472 e. The molecule has 0 saturated heterocycles. The third-order valence-corrected chi connectivity index (χ3v) is 4.87. The molecule has 160 valence electrons. The largest absolute Gasteiger partial charge is 0.472 e. The number of ether oxygens (including phenoxy) is 2. The quantitative estimate of drug-likeness (QED) is 0.614. The molecule has 0 atom stereocenters. The minimum atomic E-state index is -0.564. The highest BCUT2D eigenvalue weighted by atomic mass is 35.5. The van der Waals surface area contributed by atoms with Gasteiger partial charge in [-0.15, -0.1) is 0 Å². The van der Waals surface area contributed by atoms with Gasteiger partial charge in [0.2, 0.25) is 5.88 Å². The number of nitrogens with zero attached hydrogens (tertiary/aromatic N) is 2. The van der Waals surface area contributed by atoms with E-state index in [9.17, 15) is 9.18 Å². The first-order valence-corrected chi connectivity index (χ1v) is 10.1. The lowest BCUT2D eigenvalue weighted by atomic mass is 10.0. The molecule has 0 spiro atoms. The highest BCUT2D eigenvalue weighted by Crippen LogP contribution is 2.30. The van der Waals surface area contributed by atoms with Crippen LogP contribution in [0.4, 0.5) is 9.18 Å². The molecule has 0 unspecified atom stereocenters. The molecule has 1 aromatic carbocycles. The predicted molar refractivity (Wildman–Crippen MR) is 115 cm³/mol. The monoisotopic (exact) mass is 432 g/mol. The molecule has 0 saturated carbocycles. The lowest BCUT2D eigenvalue weighted by Crippen LogP contribution is -2.40. The summed E-state index contributed by atoms with van der Waals surface area (Å²) >= 11 is 5.81. The highest BCUT2D eigenvalue weighted by Gasteiger charge is 2.27. The molecule has 1 aliphatic rings. The Bertz CT molecular complexity index is 985. The average molecular weight is 433 g/mol. The Kier molecular flexibility index (Phi) is 6.36. The van der Waals surface area contributed by atoms with Crippen molar-refractivity contribution >= 4 is 23.3 Å². The van der Waals surface area contributed by atoms with Crippen molar-refractivity contribution in [3.05, 3.63) is 64.1 Å². The van der Waals surface area contributed by atoms with E-state index in [1.165, 1.54) is 6.07 Å². The van der Waals surface area contributed by atoms with Gasteiger partial charge in [-0.1, -0.05) is 24.2 Å². The number of carbonyl (C=O) groups excluding carboxylic acids is 1. The van der Waals surface area contributed by atoms with Gasteiger partial charge in [-0.2, -0.15) is 0 Å². The maximum absolute atomic E-state index is 14.1. The van der Waals surface area contributed by atoms with Crippen molar-refractivity contribution in [2.45, 2.75) is 52.9 Å². The fourth-order valence-electron chi connectivity index (χ4n) is 3.13. The first-order valence-electron chi connectivity index (χ1n) is 9.77. The molecule has 0 aliphatic carbocycles. The van der Waals surface area contributed by atoms with E-state index in [0.717, 1.165) is 22.4 Å². The van der Waals surface area contributed by atoms with Gasteiger partial charge in [0.15, 0.2) is 0 Å². The molecule has 0 N–H and O–H groups in total. The van der Waals surface area contributed by atoms with Crippen LogP contribution in [-0.2, 0) is 24.3 Å². The number of fused-ring (bicyclic) bond motifs is 1. The van der Waals surface area contributed by atoms with Gasteiger partial charge >= 0.3 is 6.09 Å². The van der Waals surface area contributed by atoms with Gasteiger partial charge in [-0.3, -0.25) is 0 Å². The molecule has 30 heavy (non-hydrogen) atoms. The number of pyridine rings is 1. The van der Waals surface area contributed by atoms with Crippen LogP contribution in [0.15, 0.2) is 30.8 Å².